The summed E-state index contributed by atoms with van der Waals surface area (Å²) in [5.74, 6) is -3.16. The van der Waals surface area contributed by atoms with Gasteiger partial charge in [0.15, 0.2) is 0 Å². The summed E-state index contributed by atoms with van der Waals surface area (Å²) in [7, 11) is 0. The van der Waals surface area contributed by atoms with Gasteiger partial charge in [0.05, 0.1) is 5.56 Å². The molecule has 1 nitrogen and oxygen atoms in total. The van der Waals surface area contributed by atoms with E-state index in [1.807, 2.05) is 20.8 Å². The lowest BCUT2D eigenvalue weighted by Gasteiger charge is -2.30. The summed E-state index contributed by atoms with van der Waals surface area (Å²) in [4.78, 5) is 1.39. The van der Waals surface area contributed by atoms with Crippen LogP contribution in [0.2, 0.25) is 0 Å². The number of benzene rings is 2. The predicted molar refractivity (Wildman–Crippen MR) is 107 cm³/mol. The van der Waals surface area contributed by atoms with Crippen LogP contribution in [0.3, 0.4) is 0 Å². The Bertz CT molecular complexity index is 866. The maximum atomic E-state index is 14.5. The van der Waals surface area contributed by atoms with Crippen LogP contribution in [0.4, 0.5) is 23.2 Å². The number of hydrogen-bond acceptors (Lipinski definition) is 1. The van der Waals surface area contributed by atoms with Gasteiger partial charge >= 0.3 is 0 Å². The molecule has 0 heterocycles. The summed E-state index contributed by atoms with van der Waals surface area (Å²) in [5.41, 5.74) is 0.835. The zero-order chi connectivity index (χ0) is 21.2. The van der Waals surface area contributed by atoms with Crippen molar-refractivity contribution < 1.29 is 17.6 Å². The molecule has 0 bridgehead atoms. The first-order chi connectivity index (χ1) is 12.9. The van der Waals surface area contributed by atoms with Gasteiger partial charge in [-0.1, -0.05) is 39.5 Å². The molecule has 5 heteroatoms. The fraction of sp³-hybridized carbons (Fsp3) is 0.304. The third-order valence-corrected chi connectivity index (χ3v) is 4.12. The Morgan fingerprint density at radius 1 is 0.893 bits per heavy atom. The zero-order valence-electron chi connectivity index (χ0n) is 16.7. The largest absolute Gasteiger partial charge is 0.337 e. The van der Waals surface area contributed by atoms with Gasteiger partial charge in [0.2, 0.25) is 0 Å². The second-order valence-corrected chi connectivity index (χ2v) is 8.25. The average Bonchev–Trinajstić information content (AvgIpc) is 2.48. The summed E-state index contributed by atoms with van der Waals surface area (Å²) in [6, 6.07) is 5.32. The monoisotopic (exact) mass is 391 g/mol. The minimum absolute atomic E-state index is 0.0324. The molecule has 0 aromatic heterocycles. The number of halogens is 4. The lowest BCUT2D eigenvalue weighted by molar-refractivity contribution is 0.408. The Labute approximate surface area is 164 Å². The molecule has 0 saturated heterocycles. The molecule has 2 aromatic rings. The van der Waals surface area contributed by atoms with Gasteiger partial charge in [-0.3, -0.25) is 0 Å². The summed E-state index contributed by atoms with van der Waals surface area (Å²) in [6.45, 7) is 15.6. The molecule has 0 unspecified atom stereocenters. The quantitative estimate of drug-likeness (QED) is 0.378. The van der Waals surface area contributed by atoms with E-state index >= 15 is 0 Å². The van der Waals surface area contributed by atoms with Crippen LogP contribution < -0.4 is 4.90 Å². The second kappa shape index (κ2) is 8.21. The van der Waals surface area contributed by atoms with Gasteiger partial charge in [0.1, 0.15) is 23.3 Å². The molecule has 0 aliphatic rings. The molecule has 2 aromatic carbocycles. The fourth-order valence-corrected chi connectivity index (χ4v) is 3.18. The fourth-order valence-electron chi connectivity index (χ4n) is 3.18. The van der Waals surface area contributed by atoms with Gasteiger partial charge in [0.25, 0.3) is 0 Å². The SMILES string of the molecule is C=C(CN(C(=C)c1c(F)cc(C)cc1F)c1cc(F)cc(F)c1)CC(C)(C)C. The van der Waals surface area contributed by atoms with Crippen molar-refractivity contribution in [2.45, 2.75) is 34.1 Å². The molecule has 0 aliphatic carbocycles. The molecule has 150 valence electrons. The van der Waals surface area contributed by atoms with Crippen LogP contribution in [0.5, 0.6) is 0 Å². The number of anilines is 1. The average molecular weight is 391 g/mol. The zero-order valence-corrected chi connectivity index (χ0v) is 16.7. The van der Waals surface area contributed by atoms with E-state index in [-0.39, 0.29) is 28.9 Å². The van der Waals surface area contributed by atoms with E-state index in [0.717, 1.165) is 23.8 Å². The Balaban J connectivity index is 2.52. The summed E-state index contributed by atoms with van der Waals surface area (Å²) >= 11 is 0. The molecule has 0 saturated carbocycles. The van der Waals surface area contributed by atoms with E-state index in [1.54, 1.807) is 6.92 Å². The molecule has 0 atom stereocenters. The number of aryl methyl sites for hydroxylation is 1. The van der Waals surface area contributed by atoms with E-state index in [0.29, 0.717) is 12.0 Å². The Morgan fingerprint density at radius 2 is 1.39 bits per heavy atom. The molecular weight excluding hydrogens is 366 g/mol. The Hall–Kier alpha value is -2.56. The van der Waals surface area contributed by atoms with Gasteiger partial charge in [-0.2, -0.15) is 0 Å². The summed E-state index contributed by atoms with van der Waals surface area (Å²) < 4.78 is 56.6. The summed E-state index contributed by atoms with van der Waals surface area (Å²) in [5, 5.41) is 0. The van der Waals surface area contributed by atoms with Gasteiger partial charge in [-0.05, 0) is 48.6 Å². The van der Waals surface area contributed by atoms with Crippen LogP contribution in [0.25, 0.3) is 5.70 Å². The highest BCUT2D eigenvalue weighted by molar-refractivity contribution is 5.79. The van der Waals surface area contributed by atoms with E-state index in [2.05, 4.69) is 13.2 Å². The highest BCUT2D eigenvalue weighted by Gasteiger charge is 2.23. The predicted octanol–water partition coefficient (Wildman–Crippen LogP) is 7.02. The molecule has 0 fully saturated rings. The number of rotatable bonds is 6. The van der Waals surface area contributed by atoms with Crippen molar-refractivity contribution in [3.05, 3.63) is 83.5 Å². The lowest BCUT2D eigenvalue weighted by Crippen LogP contribution is -2.26. The molecule has 0 spiro atoms. The molecule has 0 amide bonds. The molecule has 0 radical (unpaired) electrons. The van der Waals surface area contributed by atoms with Crippen molar-refractivity contribution in [3.63, 3.8) is 0 Å². The second-order valence-electron chi connectivity index (χ2n) is 8.25. The lowest BCUT2D eigenvalue weighted by atomic mass is 9.88. The highest BCUT2D eigenvalue weighted by atomic mass is 19.1. The van der Waals surface area contributed by atoms with Crippen LogP contribution in [0.15, 0.2) is 49.1 Å². The van der Waals surface area contributed by atoms with Crippen LogP contribution >= 0.6 is 0 Å². The molecule has 2 rings (SSSR count). The van der Waals surface area contributed by atoms with Crippen molar-refractivity contribution in [2.75, 3.05) is 11.4 Å². The minimum atomic E-state index is -0.793. The van der Waals surface area contributed by atoms with E-state index in [4.69, 9.17) is 0 Å². The summed E-state index contributed by atoms with van der Waals surface area (Å²) in [6.07, 6.45) is 0.618. The van der Waals surface area contributed by atoms with Gasteiger partial charge in [0, 0.05) is 24.0 Å². The van der Waals surface area contributed by atoms with Crippen molar-refractivity contribution in [3.8, 4) is 0 Å². The maximum Gasteiger partial charge on any atom is 0.135 e. The smallest absolute Gasteiger partial charge is 0.135 e. The van der Waals surface area contributed by atoms with E-state index in [1.165, 1.54) is 17.0 Å². The minimum Gasteiger partial charge on any atom is -0.337 e. The highest BCUT2D eigenvalue weighted by Crippen LogP contribution is 2.32. The van der Waals surface area contributed by atoms with Crippen LogP contribution in [-0.4, -0.2) is 6.54 Å². The van der Waals surface area contributed by atoms with E-state index < -0.39 is 23.3 Å². The van der Waals surface area contributed by atoms with Crippen LogP contribution in [-0.2, 0) is 0 Å². The van der Waals surface area contributed by atoms with E-state index in [9.17, 15) is 17.6 Å². The molecule has 0 aliphatic heterocycles. The number of nitrogens with zero attached hydrogens (tertiary/aromatic N) is 1. The molecule has 28 heavy (non-hydrogen) atoms. The van der Waals surface area contributed by atoms with Crippen molar-refractivity contribution in [1.82, 2.24) is 0 Å². The maximum absolute atomic E-state index is 14.5. The Kier molecular flexibility index (Phi) is 6.37. The first kappa shape index (κ1) is 21.7. The van der Waals surface area contributed by atoms with Gasteiger partial charge < -0.3 is 4.90 Å². The standard InChI is InChI=1S/C23H25F4N/c1-14-7-20(26)22(21(27)8-14)16(3)28(13-15(2)12-23(4,5)6)19-10-17(24)9-18(25)11-19/h7-11H,2-3,12-13H2,1,4-6H3. The topological polar surface area (TPSA) is 3.24 Å². The van der Waals surface area contributed by atoms with Gasteiger partial charge in [-0.25, -0.2) is 17.6 Å². The molecule has 0 N–H and O–H groups in total. The van der Waals surface area contributed by atoms with Crippen molar-refractivity contribution >= 4 is 11.4 Å². The van der Waals surface area contributed by atoms with Gasteiger partial charge in [-0.15, -0.1) is 0 Å². The Morgan fingerprint density at radius 3 is 1.86 bits per heavy atom. The first-order valence-corrected chi connectivity index (χ1v) is 8.92. The molecular formula is C23H25F4N. The van der Waals surface area contributed by atoms with Crippen LogP contribution in [0, 0.1) is 35.6 Å². The van der Waals surface area contributed by atoms with Crippen LogP contribution in [0.1, 0.15) is 38.3 Å². The third kappa shape index (κ3) is 5.47. The van der Waals surface area contributed by atoms with Crippen molar-refractivity contribution in [1.29, 1.82) is 0 Å². The van der Waals surface area contributed by atoms with Crippen molar-refractivity contribution in [2.24, 2.45) is 5.41 Å². The first-order valence-electron chi connectivity index (χ1n) is 8.92. The third-order valence-electron chi connectivity index (χ3n) is 4.12. The number of hydrogen-bond donors (Lipinski definition) is 0. The normalized spacial score (nSPS) is 11.4.